The molecule has 0 aliphatic carbocycles. The molecule has 0 saturated carbocycles. The number of carbonyl (C=O) groups excluding carboxylic acids is 2. The first-order valence-electron chi connectivity index (χ1n) is 11.1. The maximum Gasteiger partial charge on any atom is 0.295 e. The van der Waals surface area contributed by atoms with Gasteiger partial charge in [0.1, 0.15) is 23.0 Å². The van der Waals surface area contributed by atoms with Gasteiger partial charge in [-0.05, 0) is 70.4 Å². The summed E-state index contributed by atoms with van der Waals surface area (Å²) in [5, 5.41) is 11.3. The predicted octanol–water partition coefficient (Wildman–Crippen LogP) is 3.47. The third-order valence-corrected chi connectivity index (χ3v) is 5.56. The van der Waals surface area contributed by atoms with Crippen LogP contribution in [0.15, 0.2) is 48.0 Å². The summed E-state index contributed by atoms with van der Waals surface area (Å²) in [5.74, 6) is 0.00524. The molecule has 0 bridgehead atoms. The number of likely N-dealkylation sites (tertiary alicyclic amines) is 1. The molecular weight excluding hydrogens is 436 g/mol. The first-order valence-corrected chi connectivity index (χ1v) is 11.1. The number of nitrogens with zero attached hydrogens (tertiary/aromatic N) is 2. The second kappa shape index (κ2) is 10.6. The Morgan fingerprint density at radius 3 is 2.24 bits per heavy atom. The molecule has 8 nitrogen and oxygen atoms in total. The molecular formula is C26H32N2O6. The number of aliphatic hydroxyl groups is 1. The number of ketones is 1. The highest BCUT2D eigenvalue weighted by Gasteiger charge is 2.47. The van der Waals surface area contributed by atoms with E-state index < -0.39 is 17.7 Å². The number of methoxy groups -OCH3 is 2. The van der Waals surface area contributed by atoms with Crippen molar-refractivity contribution in [2.75, 3.05) is 41.4 Å². The lowest BCUT2D eigenvalue weighted by Crippen LogP contribution is -2.35. The van der Waals surface area contributed by atoms with E-state index in [-0.39, 0.29) is 17.4 Å². The fourth-order valence-electron chi connectivity index (χ4n) is 3.91. The molecule has 2 aromatic rings. The lowest BCUT2D eigenvalue weighted by molar-refractivity contribution is -0.140. The van der Waals surface area contributed by atoms with Gasteiger partial charge in [-0.2, -0.15) is 0 Å². The number of aliphatic hydroxyl groups excluding tert-OH is 1. The van der Waals surface area contributed by atoms with Crippen LogP contribution < -0.4 is 14.2 Å². The molecule has 1 saturated heterocycles. The zero-order valence-electron chi connectivity index (χ0n) is 20.5. The van der Waals surface area contributed by atoms with Gasteiger partial charge in [-0.1, -0.05) is 0 Å². The van der Waals surface area contributed by atoms with Crippen LogP contribution in [0, 0.1) is 0 Å². The summed E-state index contributed by atoms with van der Waals surface area (Å²) in [6, 6.07) is 11.1. The lowest BCUT2D eigenvalue weighted by atomic mass is 9.94. The molecule has 0 radical (unpaired) electrons. The van der Waals surface area contributed by atoms with Crippen molar-refractivity contribution in [3.8, 4) is 17.2 Å². The van der Waals surface area contributed by atoms with Crippen molar-refractivity contribution < 1.29 is 28.9 Å². The van der Waals surface area contributed by atoms with E-state index in [1.54, 1.807) is 42.5 Å². The molecule has 34 heavy (non-hydrogen) atoms. The van der Waals surface area contributed by atoms with Gasteiger partial charge in [0.05, 0.1) is 31.9 Å². The average Bonchev–Trinajstić information content (AvgIpc) is 3.06. The Hall–Kier alpha value is -3.52. The van der Waals surface area contributed by atoms with Crippen molar-refractivity contribution in [2.24, 2.45) is 0 Å². The number of Topliss-reactive ketones (excluding diaryl/α,β-unsaturated/α-hetero) is 1. The van der Waals surface area contributed by atoms with Crippen molar-refractivity contribution in [1.29, 1.82) is 0 Å². The zero-order valence-corrected chi connectivity index (χ0v) is 20.5. The zero-order chi connectivity index (χ0) is 25.0. The maximum atomic E-state index is 13.2. The Morgan fingerprint density at radius 1 is 1.03 bits per heavy atom. The third-order valence-electron chi connectivity index (χ3n) is 5.56. The summed E-state index contributed by atoms with van der Waals surface area (Å²) < 4.78 is 16.6. The fraction of sp³-hybridized carbons (Fsp3) is 0.385. The van der Waals surface area contributed by atoms with Crippen molar-refractivity contribution in [3.05, 3.63) is 59.2 Å². The molecule has 1 aliphatic rings. The van der Waals surface area contributed by atoms with Gasteiger partial charge in [-0.25, -0.2) is 0 Å². The van der Waals surface area contributed by atoms with E-state index in [9.17, 15) is 14.7 Å². The summed E-state index contributed by atoms with van der Waals surface area (Å²) in [6.45, 7) is 4.67. The van der Waals surface area contributed by atoms with Crippen LogP contribution in [-0.2, 0) is 9.59 Å². The van der Waals surface area contributed by atoms with Gasteiger partial charge >= 0.3 is 0 Å². The van der Waals surface area contributed by atoms with E-state index in [0.29, 0.717) is 41.5 Å². The van der Waals surface area contributed by atoms with E-state index in [1.165, 1.54) is 19.1 Å². The highest BCUT2D eigenvalue weighted by atomic mass is 16.5. The van der Waals surface area contributed by atoms with Crippen LogP contribution in [-0.4, -0.2) is 74.1 Å². The monoisotopic (exact) mass is 468 g/mol. The molecule has 1 fully saturated rings. The van der Waals surface area contributed by atoms with E-state index in [2.05, 4.69) is 0 Å². The SMILES string of the molecule is COc1ccc(OC)c([C@@H]2/C(=C(\O)c3ccc(OC(C)C)cc3)C(=O)C(=O)N2CCN(C)C)c1. The molecule has 2 aromatic carbocycles. The summed E-state index contributed by atoms with van der Waals surface area (Å²) in [5.41, 5.74) is 0.975. The highest BCUT2D eigenvalue weighted by molar-refractivity contribution is 6.46. The van der Waals surface area contributed by atoms with Gasteiger partial charge in [0.15, 0.2) is 0 Å². The smallest absolute Gasteiger partial charge is 0.295 e. The van der Waals surface area contributed by atoms with Gasteiger partial charge in [0.25, 0.3) is 11.7 Å². The van der Waals surface area contributed by atoms with Crippen molar-refractivity contribution in [2.45, 2.75) is 26.0 Å². The first-order chi connectivity index (χ1) is 16.2. The second-order valence-corrected chi connectivity index (χ2v) is 8.59. The minimum absolute atomic E-state index is 0.00185. The molecule has 0 spiro atoms. The van der Waals surface area contributed by atoms with E-state index in [1.807, 2.05) is 32.8 Å². The summed E-state index contributed by atoms with van der Waals surface area (Å²) >= 11 is 0. The standard InChI is InChI=1S/C26H32N2O6/c1-16(2)34-18-9-7-17(8-10-18)24(29)22-23(20-15-19(32-5)11-12-21(20)33-6)28(14-13-27(3)4)26(31)25(22)30/h7-12,15-16,23,29H,13-14H2,1-6H3/b24-22+/t23-/m1/s1. The molecule has 3 rings (SSSR count). The number of hydrogen-bond acceptors (Lipinski definition) is 7. The van der Waals surface area contributed by atoms with Crippen LogP contribution >= 0.6 is 0 Å². The molecule has 1 aliphatic heterocycles. The van der Waals surface area contributed by atoms with Crippen LogP contribution in [0.25, 0.3) is 5.76 Å². The topological polar surface area (TPSA) is 88.5 Å². The Kier molecular flexibility index (Phi) is 7.83. The summed E-state index contributed by atoms with van der Waals surface area (Å²) in [7, 11) is 6.83. The molecule has 182 valence electrons. The quantitative estimate of drug-likeness (QED) is 0.342. The van der Waals surface area contributed by atoms with Crippen molar-refractivity contribution in [3.63, 3.8) is 0 Å². The van der Waals surface area contributed by atoms with Crippen LogP contribution in [0.2, 0.25) is 0 Å². The summed E-state index contributed by atoms with van der Waals surface area (Å²) in [6.07, 6.45) is 0.00185. The van der Waals surface area contributed by atoms with Gasteiger partial charge in [-0.3, -0.25) is 9.59 Å². The largest absolute Gasteiger partial charge is 0.507 e. The summed E-state index contributed by atoms with van der Waals surface area (Å²) in [4.78, 5) is 29.7. The molecule has 0 aromatic heterocycles. The fourth-order valence-corrected chi connectivity index (χ4v) is 3.91. The second-order valence-electron chi connectivity index (χ2n) is 8.59. The molecule has 1 atom stereocenters. The molecule has 0 unspecified atom stereocenters. The van der Waals surface area contributed by atoms with Gasteiger partial charge in [-0.15, -0.1) is 0 Å². The molecule has 1 N–H and O–H groups in total. The van der Waals surface area contributed by atoms with E-state index in [4.69, 9.17) is 14.2 Å². The minimum atomic E-state index is -0.836. The normalized spacial score (nSPS) is 17.5. The number of carbonyl (C=O) groups is 2. The maximum absolute atomic E-state index is 13.2. The number of hydrogen-bond donors (Lipinski definition) is 1. The highest BCUT2D eigenvalue weighted by Crippen LogP contribution is 2.43. The van der Waals surface area contributed by atoms with E-state index in [0.717, 1.165) is 0 Å². The molecule has 1 amide bonds. The Morgan fingerprint density at radius 2 is 1.68 bits per heavy atom. The predicted molar refractivity (Wildman–Crippen MR) is 129 cm³/mol. The Labute approximate surface area is 200 Å². The number of likely N-dealkylation sites (N-methyl/N-ethyl adjacent to an activating group) is 1. The Bertz CT molecular complexity index is 1080. The van der Waals surface area contributed by atoms with Crippen LogP contribution in [0.3, 0.4) is 0 Å². The number of benzene rings is 2. The van der Waals surface area contributed by atoms with Gasteiger partial charge in [0, 0.05) is 24.2 Å². The first kappa shape index (κ1) is 25.1. The third kappa shape index (κ3) is 5.17. The van der Waals surface area contributed by atoms with Crippen LogP contribution in [0.1, 0.15) is 31.0 Å². The number of ether oxygens (including phenoxy) is 3. The number of rotatable bonds is 9. The van der Waals surface area contributed by atoms with Crippen molar-refractivity contribution in [1.82, 2.24) is 9.80 Å². The van der Waals surface area contributed by atoms with Gasteiger partial charge in [0.2, 0.25) is 0 Å². The molecule has 1 heterocycles. The van der Waals surface area contributed by atoms with Crippen LogP contribution in [0.5, 0.6) is 17.2 Å². The van der Waals surface area contributed by atoms with Crippen molar-refractivity contribution >= 4 is 17.4 Å². The number of amides is 1. The molecule has 8 heteroatoms. The lowest BCUT2D eigenvalue weighted by Gasteiger charge is -2.28. The van der Waals surface area contributed by atoms with E-state index >= 15 is 0 Å². The minimum Gasteiger partial charge on any atom is -0.507 e. The average molecular weight is 469 g/mol. The Balaban J connectivity index is 2.17. The van der Waals surface area contributed by atoms with Gasteiger partial charge < -0.3 is 29.1 Å². The van der Waals surface area contributed by atoms with Crippen LogP contribution in [0.4, 0.5) is 0 Å².